The van der Waals surface area contributed by atoms with Crippen LogP contribution in [0.3, 0.4) is 0 Å². The number of aromatic nitrogens is 2. The summed E-state index contributed by atoms with van der Waals surface area (Å²) in [6.07, 6.45) is 3.12. The molecule has 0 spiro atoms. The lowest BCUT2D eigenvalue weighted by atomic mass is 10.2. The number of fused-ring (bicyclic) bond motifs is 1. The van der Waals surface area contributed by atoms with Gasteiger partial charge in [-0.1, -0.05) is 18.2 Å². The summed E-state index contributed by atoms with van der Waals surface area (Å²) in [4.78, 5) is 30.8. The van der Waals surface area contributed by atoms with Crippen molar-refractivity contribution in [2.75, 3.05) is 16.8 Å². The Hall–Kier alpha value is -3.15. The molecule has 126 valence electrons. The zero-order valence-electron chi connectivity index (χ0n) is 13.9. The van der Waals surface area contributed by atoms with Crippen molar-refractivity contribution in [3.63, 3.8) is 0 Å². The number of amides is 2. The molecule has 6 nitrogen and oxygen atoms in total. The second-order valence-electron chi connectivity index (χ2n) is 6.14. The summed E-state index contributed by atoms with van der Waals surface area (Å²) in [6.45, 7) is 2.64. The summed E-state index contributed by atoms with van der Waals surface area (Å²) >= 11 is 0. The molecule has 4 rings (SSSR count). The zero-order valence-corrected chi connectivity index (χ0v) is 13.9. The van der Waals surface area contributed by atoms with Gasteiger partial charge in [0.15, 0.2) is 0 Å². The van der Waals surface area contributed by atoms with Crippen LogP contribution in [0.2, 0.25) is 0 Å². The summed E-state index contributed by atoms with van der Waals surface area (Å²) in [7, 11) is 0. The SMILES string of the molecule is Cc1cccc2nc(C(=O)Nc3ccccc3N3CCCC3=O)cn12. The summed E-state index contributed by atoms with van der Waals surface area (Å²) in [6, 6.07) is 13.1. The molecule has 0 unspecified atom stereocenters. The maximum atomic E-state index is 12.7. The van der Waals surface area contributed by atoms with E-state index in [1.807, 2.05) is 47.7 Å². The largest absolute Gasteiger partial charge is 0.319 e. The summed E-state index contributed by atoms with van der Waals surface area (Å²) in [5.74, 6) is -0.202. The van der Waals surface area contributed by atoms with Crippen LogP contribution < -0.4 is 10.2 Å². The number of rotatable bonds is 3. The second-order valence-corrected chi connectivity index (χ2v) is 6.14. The van der Waals surface area contributed by atoms with E-state index in [9.17, 15) is 9.59 Å². The van der Waals surface area contributed by atoms with Crippen LogP contribution in [0.4, 0.5) is 11.4 Å². The average molecular weight is 334 g/mol. The highest BCUT2D eigenvalue weighted by Crippen LogP contribution is 2.29. The van der Waals surface area contributed by atoms with Gasteiger partial charge in [0.25, 0.3) is 5.91 Å². The third-order valence-electron chi connectivity index (χ3n) is 4.45. The van der Waals surface area contributed by atoms with E-state index in [-0.39, 0.29) is 11.8 Å². The van der Waals surface area contributed by atoms with Gasteiger partial charge in [-0.15, -0.1) is 0 Å². The molecular weight excluding hydrogens is 316 g/mol. The molecule has 0 radical (unpaired) electrons. The van der Waals surface area contributed by atoms with Crippen molar-refractivity contribution in [3.8, 4) is 0 Å². The number of imidazole rings is 1. The minimum atomic E-state index is -0.290. The van der Waals surface area contributed by atoms with Crippen molar-refractivity contribution in [2.45, 2.75) is 19.8 Å². The van der Waals surface area contributed by atoms with Crippen LogP contribution in [0, 0.1) is 6.92 Å². The predicted octanol–water partition coefficient (Wildman–Crippen LogP) is 3.02. The summed E-state index contributed by atoms with van der Waals surface area (Å²) in [5.41, 5.74) is 3.44. The van der Waals surface area contributed by atoms with E-state index in [2.05, 4.69) is 10.3 Å². The average Bonchev–Trinajstić information content (AvgIpc) is 3.22. The number of hydrogen-bond acceptors (Lipinski definition) is 3. The third-order valence-corrected chi connectivity index (χ3v) is 4.45. The van der Waals surface area contributed by atoms with Crippen molar-refractivity contribution >= 4 is 28.8 Å². The maximum Gasteiger partial charge on any atom is 0.275 e. The van der Waals surface area contributed by atoms with Gasteiger partial charge in [-0.2, -0.15) is 0 Å². The van der Waals surface area contributed by atoms with E-state index in [0.717, 1.165) is 23.4 Å². The number of benzene rings is 1. The van der Waals surface area contributed by atoms with Crippen LogP contribution in [-0.4, -0.2) is 27.7 Å². The smallest absolute Gasteiger partial charge is 0.275 e. The number of carbonyl (C=O) groups is 2. The maximum absolute atomic E-state index is 12.7. The predicted molar refractivity (Wildman–Crippen MR) is 95.9 cm³/mol. The van der Waals surface area contributed by atoms with Crippen molar-refractivity contribution in [1.82, 2.24) is 9.38 Å². The number of para-hydroxylation sites is 2. The number of aryl methyl sites for hydroxylation is 1. The quantitative estimate of drug-likeness (QED) is 0.800. The van der Waals surface area contributed by atoms with Crippen molar-refractivity contribution in [1.29, 1.82) is 0 Å². The first-order chi connectivity index (χ1) is 12.1. The fraction of sp³-hybridized carbons (Fsp3) is 0.211. The first-order valence-electron chi connectivity index (χ1n) is 8.29. The molecule has 1 fully saturated rings. The number of anilines is 2. The molecule has 0 bridgehead atoms. The van der Waals surface area contributed by atoms with E-state index in [1.54, 1.807) is 17.2 Å². The molecule has 2 amide bonds. The molecule has 25 heavy (non-hydrogen) atoms. The monoisotopic (exact) mass is 334 g/mol. The number of carbonyl (C=O) groups excluding carboxylic acids is 2. The minimum absolute atomic E-state index is 0.0880. The van der Waals surface area contributed by atoms with Gasteiger partial charge < -0.3 is 14.6 Å². The van der Waals surface area contributed by atoms with Crippen LogP contribution in [0.1, 0.15) is 29.0 Å². The molecule has 0 aliphatic carbocycles. The van der Waals surface area contributed by atoms with Crippen molar-refractivity contribution < 1.29 is 9.59 Å². The van der Waals surface area contributed by atoms with Gasteiger partial charge >= 0.3 is 0 Å². The number of nitrogens with one attached hydrogen (secondary N) is 1. The Labute approximate surface area is 145 Å². The molecule has 3 heterocycles. The zero-order chi connectivity index (χ0) is 17.4. The van der Waals surface area contributed by atoms with Gasteiger partial charge in [-0.3, -0.25) is 9.59 Å². The molecule has 0 saturated carbocycles. The second kappa shape index (κ2) is 6.05. The molecule has 1 N–H and O–H groups in total. The molecule has 3 aromatic rings. The van der Waals surface area contributed by atoms with Crippen LogP contribution in [-0.2, 0) is 4.79 Å². The first-order valence-corrected chi connectivity index (χ1v) is 8.29. The van der Waals surface area contributed by atoms with Crippen molar-refractivity contribution in [3.05, 3.63) is 60.0 Å². The molecular formula is C19H18N4O2. The third kappa shape index (κ3) is 2.76. The standard InChI is InChI=1S/C19H18N4O2/c1-13-6-4-9-17-20-15(12-23(13)17)19(25)21-14-7-2-3-8-16(14)22-11-5-10-18(22)24/h2-4,6-9,12H,5,10-11H2,1H3,(H,21,25). The number of nitrogens with zero attached hydrogens (tertiary/aromatic N) is 3. The molecule has 2 aromatic heterocycles. The van der Waals surface area contributed by atoms with Crippen LogP contribution >= 0.6 is 0 Å². The fourth-order valence-electron chi connectivity index (χ4n) is 3.16. The van der Waals surface area contributed by atoms with Gasteiger partial charge in [-0.25, -0.2) is 4.98 Å². The normalized spacial score (nSPS) is 14.3. The van der Waals surface area contributed by atoms with E-state index in [0.29, 0.717) is 24.3 Å². The van der Waals surface area contributed by atoms with Gasteiger partial charge in [0, 0.05) is 24.9 Å². The van der Waals surface area contributed by atoms with Gasteiger partial charge in [0.2, 0.25) is 5.91 Å². The van der Waals surface area contributed by atoms with Crippen LogP contribution in [0.15, 0.2) is 48.7 Å². The van der Waals surface area contributed by atoms with Gasteiger partial charge in [0.1, 0.15) is 11.3 Å². The lowest BCUT2D eigenvalue weighted by molar-refractivity contribution is -0.117. The van der Waals surface area contributed by atoms with Crippen molar-refractivity contribution in [2.24, 2.45) is 0 Å². The number of hydrogen-bond donors (Lipinski definition) is 1. The lowest BCUT2D eigenvalue weighted by Gasteiger charge is -2.19. The summed E-state index contributed by atoms with van der Waals surface area (Å²) in [5, 5.41) is 2.90. The van der Waals surface area contributed by atoms with E-state index >= 15 is 0 Å². The lowest BCUT2D eigenvalue weighted by Crippen LogP contribution is -2.25. The molecule has 1 saturated heterocycles. The Balaban J connectivity index is 1.64. The Morgan fingerprint density at radius 1 is 1.16 bits per heavy atom. The molecule has 1 aliphatic heterocycles. The first kappa shape index (κ1) is 15.4. The minimum Gasteiger partial charge on any atom is -0.319 e. The molecule has 1 aliphatic rings. The Morgan fingerprint density at radius 3 is 2.76 bits per heavy atom. The molecule has 1 aromatic carbocycles. The summed E-state index contributed by atoms with van der Waals surface area (Å²) < 4.78 is 1.88. The van der Waals surface area contributed by atoms with E-state index in [1.165, 1.54) is 0 Å². The van der Waals surface area contributed by atoms with Gasteiger partial charge in [0.05, 0.1) is 11.4 Å². The highest BCUT2D eigenvalue weighted by atomic mass is 16.2. The fourth-order valence-corrected chi connectivity index (χ4v) is 3.16. The molecule has 6 heteroatoms. The van der Waals surface area contributed by atoms with Crippen LogP contribution in [0.25, 0.3) is 5.65 Å². The van der Waals surface area contributed by atoms with E-state index in [4.69, 9.17) is 0 Å². The Morgan fingerprint density at radius 2 is 2.00 bits per heavy atom. The topological polar surface area (TPSA) is 66.7 Å². The van der Waals surface area contributed by atoms with Crippen LogP contribution in [0.5, 0.6) is 0 Å². The van der Waals surface area contributed by atoms with E-state index < -0.39 is 0 Å². The number of pyridine rings is 1. The highest BCUT2D eigenvalue weighted by molar-refractivity contribution is 6.07. The Bertz CT molecular complexity index is 976. The molecule has 0 atom stereocenters. The highest BCUT2D eigenvalue weighted by Gasteiger charge is 2.24. The van der Waals surface area contributed by atoms with Gasteiger partial charge in [-0.05, 0) is 37.6 Å². The Kier molecular flexibility index (Phi) is 3.72.